The first-order valence-electron chi connectivity index (χ1n) is 6.29. The summed E-state index contributed by atoms with van der Waals surface area (Å²) in [5.74, 6) is -0.215. The maximum absolute atomic E-state index is 11.8. The highest BCUT2D eigenvalue weighted by molar-refractivity contribution is 5.91. The molecule has 1 unspecified atom stereocenters. The first-order valence-corrected chi connectivity index (χ1v) is 6.29. The fourth-order valence-corrected chi connectivity index (χ4v) is 1.91. The van der Waals surface area contributed by atoms with Gasteiger partial charge in [-0.1, -0.05) is 5.21 Å². The van der Waals surface area contributed by atoms with Crippen molar-refractivity contribution < 1.29 is 9.53 Å². The van der Waals surface area contributed by atoms with Gasteiger partial charge in [-0.05, 0) is 19.3 Å². The molecule has 1 saturated heterocycles. The van der Waals surface area contributed by atoms with Crippen molar-refractivity contribution in [1.82, 2.24) is 20.3 Å². The van der Waals surface area contributed by atoms with Crippen LogP contribution in [0.15, 0.2) is 6.20 Å². The van der Waals surface area contributed by atoms with Gasteiger partial charge in [0.2, 0.25) is 0 Å². The molecular formula is C11H19N5O2. The normalized spacial score (nSPS) is 19.7. The van der Waals surface area contributed by atoms with E-state index in [1.165, 1.54) is 0 Å². The SMILES string of the molecule is NCCn1cc(C(=O)NCC2CCCCO2)nn1. The molecule has 0 aliphatic carbocycles. The van der Waals surface area contributed by atoms with Crippen LogP contribution in [0.4, 0.5) is 0 Å². The number of carbonyl (C=O) groups is 1. The monoisotopic (exact) mass is 253 g/mol. The Labute approximate surface area is 106 Å². The fourth-order valence-electron chi connectivity index (χ4n) is 1.91. The lowest BCUT2D eigenvalue weighted by Gasteiger charge is -2.22. The summed E-state index contributed by atoms with van der Waals surface area (Å²) in [6.45, 7) is 2.35. The van der Waals surface area contributed by atoms with Crippen LogP contribution in [-0.2, 0) is 11.3 Å². The Balaban J connectivity index is 1.79. The zero-order valence-corrected chi connectivity index (χ0v) is 10.3. The number of amides is 1. The third-order valence-electron chi connectivity index (χ3n) is 2.89. The van der Waals surface area contributed by atoms with E-state index in [9.17, 15) is 4.79 Å². The van der Waals surface area contributed by atoms with E-state index < -0.39 is 0 Å². The zero-order chi connectivity index (χ0) is 12.8. The van der Waals surface area contributed by atoms with Crippen LogP contribution in [0, 0.1) is 0 Å². The number of nitrogens with two attached hydrogens (primary N) is 1. The van der Waals surface area contributed by atoms with Gasteiger partial charge in [0.15, 0.2) is 5.69 Å². The molecule has 2 rings (SSSR count). The minimum atomic E-state index is -0.215. The molecule has 0 bridgehead atoms. The van der Waals surface area contributed by atoms with Crippen molar-refractivity contribution in [2.24, 2.45) is 5.73 Å². The van der Waals surface area contributed by atoms with Crippen molar-refractivity contribution in [3.8, 4) is 0 Å². The molecule has 1 aromatic rings. The second kappa shape index (κ2) is 6.46. The number of hydrogen-bond donors (Lipinski definition) is 2. The van der Waals surface area contributed by atoms with Crippen molar-refractivity contribution in [3.05, 3.63) is 11.9 Å². The fraction of sp³-hybridized carbons (Fsp3) is 0.727. The van der Waals surface area contributed by atoms with E-state index in [4.69, 9.17) is 10.5 Å². The summed E-state index contributed by atoms with van der Waals surface area (Å²) in [7, 11) is 0. The Bertz CT molecular complexity index is 387. The van der Waals surface area contributed by atoms with Crippen LogP contribution < -0.4 is 11.1 Å². The molecule has 0 aromatic carbocycles. The molecule has 1 aromatic heterocycles. The van der Waals surface area contributed by atoms with Crippen molar-refractivity contribution in [2.45, 2.75) is 31.9 Å². The minimum Gasteiger partial charge on any atom is -0.376 e. The van der Waals surface area contributed by atoms with Crippen molar-refractivity contribution in [1.29, 1.82) is 0 Å². The standard InChI is InChI=1S/C11H19N5O2/c12-4-5-16-8-10(14-15-16)11(17)13-7-9-3-1-2-6-18-9/h8-9H,1-7,12H2,(H,13,17). The second-order valence-corrected chi connectivity index (χ2v) is 4.35. The van der Waals surface area contributed by atoms with Crippen LogP contribution in [0.25, 0.3) is 0 Å². The number of rotatable bonds is 5. The average molecular weight is 253 g/mol. The lowest BCUT2D eigenvalue weighted by atomic mass is 10.1. The molecule has 18 heavy (non-hydrogen) atoms. The molecule has 0 radical (unpaired) electrons. The van der Waals surface area contributed by atoms with Gasteiger partial charge in [-0.15, -0.1) is 5.10 Å². The summed E-state index contributed by atoms with van der Waals surface area (Å²) < 4.78 is 7.10. The molecule has 100 valence electrons. The third kappa shape index (κ3) is 3.51. The number of nitrogens with zero attached hydrogens (tertiary/aromatic N) is 3. The smallest absolute Gasteiger partial charge is 0.273 e. The largest absolute Gasteiger partial charge is 0.376 e. The van der Waals surface area contributed by atoms with Gasteiger partial charge in [-0.25, -0.2) is 0 Å². The molecule has 0 spiro atoms. The highest BCUT2D eigenvalue weighted by Crippen LogP contribution is 2.11. The van der Waals surface area contributed by atoms with Crippen LogP contribution in [0.5, 0.6) is 0 Å². The van der Waals surface area contributed by atoms with Gasteiger partial charge in [0.05, 0.1) is 18.8 Å². The van der Waals surface area contributed by atoms with Crippen LogP contribution in [0.1, 0.15) is 29.8 Å². The Morgan fingerprint density at radius 2 is 2.50 bits per heavy atom. The lowest BCUT2D eigenvalue weighted by Crippen LogP contribution is -2.35. The maximum Gasteiger partial charge on any atom is 0.273 e. The van der Waals surface area contributed by atoms with E-state index in [0.717, 1.165) is 25.9 Å². The van der Waals surface area contributed by atoms with Gasteiger partial charge in [0, 0.05) is 19.7 Å². The molecule has 3 N–H and O–H groups in total. The summed E-state index contributed by atoms with van der Waals surface area (Å²) in [4.78, 5) is 11.8. The molecule has 1 amide bonds. The Kier molecular flexibility index (Phi) is 4.66. The summed E-state index contributed by atoms with van der Waals surface area (Å²) in [5, 5.41) is 10.4. The topological polar surface area (TPSA) is 95.1 Å². The molecule has 7 nitrogen and oxygen atoms in total. The van der Waals surface area contributed by atoms with Crippen molar-refractivity contribution >= 4 is 5.91 Å². The van der Waals surface area contributed by atoms with Gasteiger partial charge < -0.3 is 15.8 Å². The number of aromatic nitrogens is 3. The first-order chi connectivity index (χ1) is 8.79. The number of hydrogen-bond acceptors (Lipinski definition) is 5. The first kappa shape index (κ1) is 13.0. The van der Waals surface area contributed by atoms with E-state index >= 15 is 0 Å². The molecule has 1 aliphatic rings. The van der Waals surface area contributed by atoms with Gasteiger partial charge in [-0.3, -0.25) is 9.48 Å². The van der Waals surface area contributed by atoms with Crippen LogP contribution in [0.3, 0.4) is 0 Å². The molecule has 2 heterocycles. The number of nitrogens with one attached hydrogen (secondary N) is 1. The predicted molar refractivity (Wildman–Crippen MR) is 65.0 cm³/mol. The Morgan fingerprint density at radius 1 is 1.61 bits per heavy atom. The van der Waals surface area contributed by atoms with Crippen molar-refractivity contribution in [2.75, 3.05) is 19.7 Å². The Hall–Kier alpha value is -1.47. The quantitative estimate of drug-likeness (QED) is 0.740. The van der Waals surface area contributed by atoms with Gasteiger partial charge >= 0.3 is 0 Å². The molecule has 7 heteroatoms. The molecule has 1 atom stereocenters. The van der Waals surface area contributed by atoms with Gasteiger partial charge in [0.25, 0.3) is 5.91 Å². The molecular weight excluding hydrogens is 234 g/mol. The van der Waals surface area contributed by atoms with E-state index in [-0.39, 0.29) is 12.0 Å². The summed E-state index contributed by atoms with van der Waals surface area (Å²) >= 11 is 0. The molecule has 1 fully saturated rings. The number of ether oxygens (including phenoxy) is 1. The van der Waals surface area contributed by atoms with E-state index in [1.807, 2.05) is 0 Å². The molecule has 0 saturated carbocycles. The highest BCUT2D eigenvalue weighted by Gasteiger charge is 2.16. The lowest BCUT2D eigenvalue weighted by molar-refractivity contribution is 0.0168. The third-order valence-corrected chi connectivity index (χ3v) is 2.89. The summed E-state index contributed by atoms with van der Waals surface area (Å²) in [5.41, 5.74) is 5.72. The Morgan fingerprint density at radius 3 is 3.22 bits per heavy atom. The van der Waals surface area contributed by atoms with E-state index in [2.05, 4.69) is 15.6 Å². The van der Waals surface area contributed by atoms with Crippen LogP contribution in [0.2, 0.25) is 0 Å². The predicted octanol–water partition coefficient (Wildman–Crippen LogP) is -0.464. The zero-order valence-electron chi connectivity index (χ0n) is 10.3. The second-order valence-electron chi connectivity index (χ2n) is 4.35. The summed E-state index contributed by atoms with van der Waals surface area (Å²) in [6, 6.07) is 0. The average Bonchev–Trinajstić information content (AvgIpc) is 2.86. The van der Waals surface area contributed by atoms with Gasteiger partial charge in [-0.2, -0.15) is 0 Å². The molecule has 1 aliphatic heterocycles. The minimum absolute atomic E-state index is 0.127. The van der Waals surface area contributed by atoms with Crippen molar-refractivity contribution in [3.63, 3.8) is 0 Å². The number of carbonyl (C=O) groups excluding carboxylic acids is 1. The van der Waals surface area contributed by atoms with E-state index in [0.29, 0.717) is 25.3 Å². The van der Waals surface area contributed by atoms with Crippen LogP contribution >= 0.6 is 0 Å². The maximum atomic E-state index is 11.8. The van der Waals surface area contributed by atoms with E-state index in [1.54, 1.807) is 10.9 Å². The summed E-state index contributed by atoms with van der Waals surface area (Å²) in [6.07, 6.45) is 5.00. The van der Waals surface area contributed by atoms with Crippen LogP contribution in [-0.4, -0.2) is 46.7 Å². The highest BCUT2D eigenvalue weighted by atomic mass is 16.5. The van der Waals surface area contributed by atoms with Gasteiger partial charge in [0.1, 0.15) is 0 Å².